The van der Waals surface area contributed by atoms with Gasteiger partial charge in [-0.1, -0.05) is 88.4 Å². The third kappa shape index (κ3) is 6.46. The van der Waals surface area contributed by atoms with Crippen molar-refractivity contribution < 1.29 is 19.5 Å². The Morgan fingerprint density at radius 3 is 2.32 bits per heavy atom. The van der Waals surface area contributed by atoms with Crippen LogP contribution in [0.4, 0.5) is 5.69 Å². The molecule has 6 heteroatoms. The Bertz CT molecular complexity index is 1120. The van der Waals surface area contributed by atoms with E-state index in [4.69, 9.17) is 0 Å². The van der Waals surface area contributed by atoms with Crippen molar-refractivity contribution in [3.8, 4) is 0 Å². The quantitative estimate of drug-likeness (QED) is 0.421. The summed E-state index contributed by atoms with van der Waals surface area (Å²) >= 11 is 0. The second kappa shape index (κ2) is 12.6. The number of aryl methyl sites for hydroxylation is 1. The van der Waals surface area contributed by atoms with Crippen LogP contribution in [0, 0.1) is 5.92 Å². The largest absolute Gasteiger partial charge is 0.480 e. The van der Waals surface area contributed by atoms with Gasteiger partial charge in [0.25, 0.3) is 0 Å². The minimum Gasteiger partial charge on any atom is -0.480 e. The van der Waals surface area contributed by atoms with E-state index in [1.165, 1.54) is 36.6 Å². The SMILES string of the molecule is CC(=O)N([C@@H](CCC1CCCCC1)C(=O)O)[C@H]1CCc2ccccc2N(Cc2ccc(C(C)C)cc2)C1=O. The number of hydrogen-bond acceptors (Lipinski definition) is 3. The minimum atomic E-state index is -1.03. The van der Waals surface area contributed by atoms with Crippen LogP contribution >= 0.6 is 0 Å². The average Bonchev–Trinajstić information content (AvgIpc) is 3.03. The van der Waals surface area contributed by atoms with Crippen LogP contribution in [0.1, 0.15) is 94.7 Å². The molecule has 2 aromatic carbocycles. The Kier molecular flexibility index (Phi) is 9.24. The van der Waals surface area contributed by atoms with E-state index >= 15 is 0 Å². The van der Waals surface area contributed by atoms with Crippen molar-refractivity contribution in [2.24, 2.45) is 5.92 Å². The summed E-state index contributed by atoms with van der Waals surface area (Å²) in [7, 11) is 0. The first-order valence-electron chi connectivity index (χ1n) is 14.3. The Morgan fingerprint density at radius 1 is 1.00 bits per heavy atom. The number of rotatable bonds is 9. The highest BCUT2D eigenvalue weighted by atomic mass is 16.4. The molecule has 0 aromatic heterocycles. The van der Waals surface area contributed by atoms with E-state index in [0.29, 0.717) is 37.6 Å². The van der Waals surface area contributed by atoms with Crippen LogP contribution in [0.25, 0.3) is 0 Å². The van der Waals surface area contributed by atoms with E-state index in [-0.39, 0.29) is 11.8 Å². The molecule has 0 radical (unpaired) electrons. The van der Waals surface area contributed by atoms with Gasteiger partial charge in [-0.15, -0.1) is 0 Å². The second-order valence-corrected chi connectivity index (χ2v) is 11.4. The fourth-order valence-corrected chi connectivity index (χ4v) is 6.22. The number of carbonyl (C=O) groups is 3. The van der Waals surface area contributed by atoms with Crippen molar-refractivity contribution in [2.45, 2.75) is 103 Å². The first-order valence-corrected chi connectivity index (χ1v) is 14.3. The van der Waals surface area contributed by atoms with Crippen molar-refractivity contribution in [1.29, 1.82) is 0 Å². The molecule has 2 aromatic rings. The number of aliphatic carboxylic acids is 1. The fraction of sp³-hybridized carbons (Fsp3) is 0.531. The molecular formula is C32H42N2O4. The first-order chi connectivity index (χ1) is 18.3. The molecule has 2 aliphatic rings. The lowest BCUT2D eigenvalue weighted by Gasteiger charge is -2.37. The molecule has 1 saturated carbocycles. The molecule has 0 unspecified atom stereocenters. The predicted molar refractivity (Wildman–Crippen MR) is 150 cm³/mol. The van der Waals surface area contributed by atoms with Crippen LogP contribution in [0.15, 0.2) is 48.5 Å². The number of benzene rings is 2. The highest BCUT2D eigenvalue weighted by Gasteiger charge is 2.41. The van der Waals surface area contributed by atoms with Crippen molar-refractivity contribution in [3.05, 3.63) is 65.2 Å². The molecule has 0 spiro atoms. The lowest BCUT2D eigenvalue weighted by molar-refractivity contribution is -0.154. The number of carboxylic acid groups (broad SMARTS) is 1. The van der Waals surface area contributed by atoms with Gasteiger partial charge in [0, 0.05) is 12.6 Å². The number of carbonyl (C=O) groups excluding carboxylic acids is 2. The van der Waals surface area contributed by atoms with Crippen molar-refractivity contribution in [3.63, 3.8) is 0 Å². The summed E-state index contributed by atoms with van der Waals surface area (Å²) in [6.45, 7) is 6.07. The zero-order valence-corrected chi connectivity index (χ0v) is 23.1. The van der Waals surface area contributed by atoms with E-state index in [1.54, 1.807) is 4.90 Å². The first kappa shape index (κ1) is 27.9. The van der Waals surface area contributed by atoms with E-state index in [2.05, 4.69) is 38.1 Å². The molecule has 1 aliphatic carbocycles. The Hall–Kier alpha value is -3.15. The van der Waals surface area contributed by atoms with E-state index in [9.17, 15) is 19.5 Å². The van der Waals surface area contributed by atoms with Gasteiger partial charge in [-0.05, 0) is 60.3 Å². The summed E-state index contributed by atoms with van der Waals surface area (Å²) < 4.78 is 0. The number of carboxylic acids is 1. The highest BCUT2D eigenvalue weighted by molar-refractivity contribution is 6.01. The average molecular weight is 519 g/mol. The summed E-state index contributed by atoms with van der Waals surface area (Å²) in [6.07, 6.45) is 8.02. The number of anilines is 1. The van der Waals surface area contributed by atoms with Crippen LogP contribution in [0.3, 0.4) is 0 Å². The standard InChI is InChI=1S/C32H42N2O4/c1-22(2)26-16-13-25(14-17-26)21-33-28-12-8-7-11-27(28)18-20-29(31(33)36)34(23(3)35)30(32(37)38)19-15-24-9-5-4-6-10-24/h7-8,11-14,16-17,22,24,29-30H,4-6,9-10,15,18-21H2,1-3H3,(H,37,38)/t29-,30-/m0/s1. The fourth-order valence-electron chi connectivity index (χ4n) is 6.22. The molecule has 2 atom stereocenters. The zero-order chi connectivity index (χ0) is 27.2. The van der Waals surface area contributed by atoms with E-state index < -0.39 is 18.1 Å². The van der Waals surface area contributed by atoms with Crippen molar-refractivity contribution in [1.82, 2.24) is 4.90 Å². The third-order valence-electron chi connectivity index (χ3n) is 8.40. The molecule has 1 heterocycles. The summed E-state index contributed by atoms with van der Waals surface area (Å²) in [5.41, 5.74) is 4.11. The molecule has 0 bridgehead atoms. The summed E-state index contributed by atoms with van der Waals surface area (Å²) in [4.78, 5) is 42.9. The normalized spacial score (nSPS) is 19.1. The molecule has 1 N–H and O–H groups in total. The molecule has 38 heavy (non-hydrogen) atoms. The number of para-hydroxylation sites is 1. The summed E-state index contributed by atoms with van der Waals surface area (Å²) in [5, 5.41) is 10.2. The van der Waals surface area contributed by atoms with Gasteiger partial charge < -0.3 is 14.9 Å². The topological polar surface area (TPSA) is 77.9 Å². The lowest BCUT2D eigenvalue weighted by atomic mass is 9.85. The molecule has 204 valence electrons. The maximum atomic E-state index is 14.2. The second-order valence-electron chi connectivity index (χ2n) is 11.4. The van der Waals surface area contributed by atoms with Crippen LogP contribution in [-0.2, 0) is 27.3 Å². The summed E-state index contributed by atoms with van der Waals surface area (Å²) in [6, 6.07) is 14.3. The number of hydrogen-bond donors (Lipinski definition) is 1. The molecule has 1 fully saturated rings. The number of nitrogens with zero attached hydrogens (tertiary/aromatic N) is 2. The smallest absolute Gasteiger partial charge is 0.326 e. The van der Waals surface area contributed by atoms with E-state index in [0.717, 1.165) is 36.1 Å². The highest BCUT2D eigenvalue weighted by Crippen LogP contribution is 2.33. The van der Waals surface area contributed by atoms with E-state index in [1.807, 2.05) is 24.3 Å². The van der Waals surface area contributed by atoms with Gasteiger partial charge in [0.15, 0.2) is 0 Å². The van der Waals surface area contributed by atoms with Gasteiger partial charge >= 0.3 is 5.97 Å². The van der Waals surface area contributed by atoms with Gasteiger partial charge in [0.05, 0.1) is 6.54 Å². The van der Waals surface area contributed by atoms with Crippen molar-refractivity contribution >= 4 is 23.5 Å². The van der Waals surface area contributed by atoms with Crippen LogP contribution in [-0.4, -0.2) is 39.9 Å². The predicted octanol–water partition coefficient (Wildman–Crippen LogP) is 6.32. The summed E-state index contributed by atoms with van der Waals surface area (Å²) in [5.74, 6) is -0.673. The Labute approximate surface area is 227 Å². The maximum Gasteiger partial charge on any atom is 0.326 e. The lowest BCUT2D eigenvalue weighted by Crippen LogP contribution is -2.56. The van der Waals surface area contributed by atoms with Crippen molar-refractivity contribution in [2.75, 3.05) is 4.90 Å². The third-order valence-corrected chi connectivity index (χ3v) is 8.40. The van der Waals surface area contributed by atoms with Gasteiger partial charge in [-0.25, -0.2) is 4.79 Å². The Morgan fingerprint density at radius 2 is 1.68 bits per heavy atom. The molecule has 1 aliphatic heterocycles. The number of amides is 2. The molecule has 0 saturated heterocycles. The van der Waals surface area contributed by atoms with Crippen LogP contribution < -0.4 is 4.90 Å². The molecule has 4 rings (SSSR count). The Balaban J connectivity index is 1.63. The molecule has 2 amide bonds. The van der Waals surface area contributed by atoms with Gasteiger partial charge in [0.1, 0.15) is 12.1 Å². The molecule has 6 nitrogen and oxygen atoms in total. The zero-order valence-electron chi connectivity index (χ0n) is 23.1. The van der Waals surface area contributed by atoms with Gasteiger partial charge in [-0.3, -0.25) is 9.59 Å². The maximum absolute atomic E-state index is 14.2. The molecular weight excluding hydrogens is 476 g/mol. The van der Waals surface area contributed by atoms with Gasteiger partial charge in [0.2, 0.25) is 11.8 Å². The number of fused-ring (bicyclic) bond motifs is 1. The van der Waals surface area contributed by atoms with Crippen LogP contribution in [0.5, 0.6) is 0 Å². The minimum absolute atomic E-state index is 0.206. The van der Waals surface area contributed by atoms with Gasteiger partial charge in [-0.2, -0.15) is 0 Å². The van der Waals surface area contributed by atoms with Crippen LogP contribution in [0.2, 0.25) is 0 Å². The monoisotopic (exact) mass is 518 g/mol.